The first-order valence-electron chi connectivity index (χ1n) is 14.7. The quantitative estimate of drug-likeness (QED) is 0.368. The Labute approximate surface area is 242 Å². The van der Waals surface area contributed by atoms with Crippen molar-refractivity contribution in [2.45, 2.75) is 70.5 Å². The number of nitrogens with zero attached hydrogens (tertiary/aromatic N) is 4. The third-order valence-electron chi connectivity index (χ3n) is 8.75. The highest BCUT2D eigenvalue weighted by Gasteiger charge is 2.41. The van der Waals surface area contributed by atoms with Crippen LogP contribution in [0.3, 0.4) is 0 Å². The minimum atomic E-state index is -0.183. The van der Waals surface area contributed by atoms with Crippen molar-refractivity contribution in [1.82, 2.24) is 20.2 Å². The summed E-state index contributed by atoms with van der Waals surface area (Å²) in [6.07, 6.45) is 9.54. The van der Waals surface area contributed by atoms with E-state index in [0.717, 1.165) is 38.0 Å². The molecule has 0 spiro atoms. The molecule has 3 N–H and O–H groups in total. The second kappa shape index (κ2) is 13.5. The number of ether oxygens (including phenoxy) is 1. The average molecular weight is 566 g/mol. The third kappa shape index (κ3) is 6.97. The minimum absolute atomic E-state index is 0.183. The van der Waals surface area contributed by atoms with Crippen molar-refractivity contribution in [1.29, 1.82) is 5.26 Å². The van der Waals surface area contributed by atoms with Gasteiger partial charge in [-0.05, 0) is 74.8 Å². The summed E-state index contributed by atoms with van der Waals surface area (Å²) in [5.74, 6) is 2.92. The molecule has 2 bridgehead atoms. The maximum atomic E-state index is 12.1. The van der Waals surface area contributed by atoms with Gasteiger partial charge >= 0.3 is 6.09 Å². The van der Waals surface area contributed by atoms with Crippen LogP contribution in [0.5, 0.6) is 0 Å². The number of halogens is 1. The van der Waals surface area contributed by atoms with Crippen LogP contribution in [0.25, 0.3) is 0 Å². The molecule has 40 heavy (non-hydrogen) atoms. The topological polar surface area (TPSA) is 115 Å². The van der Waals surface area contributed by atoms with Crippen molar-refractivity contribution < 1.29 is 9.53 Å². The van der Waals surface area contributed by atoms with Crippen molar-refractivity contribution in [2.75, 3.05) is 36.9 Å². The number of piperidine rings is 1. The first-order valence-corrected chi connectivity index (χ1v) is 15.1. The molecule has 3 aliphatic rings. The molecule has 1 saturated heterocycles. The van der Waals surface area contributed by atoms with Crippen molar-refractivity contribution >= 4 is 29.5 Å². The number of likely N-dealkylation sites (tertiary alicyclic amines) is 1. The Kier molecular flexibility index (Phi) is 9.61. The van der Waals surface area contributed by atoms with Crippen LogP contribution < -0.4 is 16.0 Å². The van der Waals surface area contributed by atoms with E-state index in [1.54, 1.807) is 6.20 Å². The molecule has 10 heteroatoms. The van der Waals surface area contributed by atoms with Crippen LogP contribution in [-0.2, 0) is 11.3 Å². The molecule has 1 aliphatic heterocycles. The number of nitriles is 1. The van der Waals surface area contributed by atoms with Gasteiger partial charge in [0.1, 0.15) is 17.5 Å². The molecule has 2 heterocycles. The molecule has 0 radical (unpaired) electrons. The maximum Gasteiger partial charge on any atom is 0.409 e. The number of anilines is 2. The van der Waals surface area contributed by atoms with Crippen LogP contribution in [0.2, 0.25) is 5.02 Å². The Morgan fingerprint density at radius 2 is 1.90 bits per heavy atom. The van der Waals surface area contributed by atoms with Crippen LogP contribution >= 0.6 is 11.6 Å². The van der Waals surface area contributed by atoms with Gasteiger partial charge in [0.25, 0.3) is 0 Å². The zero-order valence-electron chi connectivity index (χ0n) is 23.2. The normalized spacial score (nSPS) is 24.7. The Hall–Kier alpha value is -3.09. The fraction of sp³-hybridized carbons (Fsp3) is 0.600. The number of fused-ring (bicyclic) bond motifs is 2. The van der Waals surface area contributed by atoms with Crippen molar-refractivity contribution in [3.63, 3.8) is 0 Å². The lowest BCUT2D eigenvalue weighted by atomic mass is 9.64. The molecule has 4 atom stereocenters. The van der Waals surface area contributed by atoms with Gasteiger partial charge in [-0.1, -0.05) is 36.2 Å². The van der Waals surface area contributed by atoms with Crippen LogP contribution in [0, 0.1) is 29.1 Å². The average Bonchev–Trinajstić information content (AvgIpc) is 2.96. The van der Waals surface area contributed by atoms with Gasteiger partial charge in [-0.2, -0.15) is 10.2 Å². The smallest absolute Gasteiger partial charge is 0.409 e. The number of hydrogen-bond acceptors (Lipinski definition) is 8. The Balaban J connectivity index is 1.14. The molecule has 3 fully saturated rings. The summed E-state index contributed by atoms with van der Waals surface area (Å²) in [5.41, 5.74) is 1.42. The molecule has 1 aromatic carbocycles. The van der Waals surface area contributed by atoms with E-state index in [4.69, 9.17) is 16.3 Å². The van der Waals surface area contributed by atoms with E-state index in [2.05, 4.69) is 32.0 Å². The monoisotopic (exact) mass is 565 g/mol. The zero-order chi connectivity index (χ0) is 27.9. The summed E-state index contributed by atoms with van der Waals surface area (Å²) in [6.45, 7) is 5.11. The van der Waals surface area contributed by atoms with E-state index in [0.29, 0.717) is 65.3 Å². The molecular weight excluding hydrogens is 526 g/mol. The van der Waals surface area contributed by atoms with Crippen molar-refractivity contribution in [2.24, 2.45) is 17.8 Å². The van der Waals surface area contributed by atoms with E-state index in [1.165, 1.54) is 32.1 Å². The van der Waals surface area contributed by atoms with Crippen molar-refractivity contribution in [3.8, 4) is 6.07 Å². The highest BCUT2D eigenvalue weighted by atomic mass is 35.5. The number of rotatable bonds is 9. The highest BCUT2D eigenvalue weighted by molar-refractivity contribution is 6.31. The van der Waals surface area contributed by atoms with E-state index < -0.39 is 0 Å². The molecule has 1 aromatic heterocycles. The van der Waals surface area contributed by atoms with Gasteiger partial charge in [-0.3, -0.25) is 0 Å². The molecule has 5 rings (SSSR count). The lowest BCUT2D eigenvalue weighted by Gasteiger charge is -2.48. The van der Waals surface area contributed by atoms with Gasteiger partial charge in [0.2, 0.25) is 5.95 Å². The summed E-state index contributed by atoms with van der Waals surface area (Å²) in [6, 6.07) is 10.9. The number of hydrogen-bond donors (Lipinski definition) is 3. The summed E-state index contributed by atoms with van der Waals surface area (Å²) in [4.78, 5) is 22.8. The lowest BCUT2D eigenvalue weighted by Crippen LogP contribution is -2.55. The number of amides is 1. The van der Waals surface area contributed by atoms with Crippen LogP contribution in [-0.4, -0.2) is 59.3 Å². The second-order valence-corrected chi connectivity index (χ2v) is 11.7. The predicted octanol–water partition coefficient (Wildman–Crippen LogP) is 5.43. The summed E-state index contributed by atoms with van der Waals surface area (Å²) >= 11 is 6.28. The zero-order valence-corrected chi connectivity index (χ0v) is 24.0. The van der Waals surface area contributed by atoms with Gasteiger partial charge in [0.05, 0.1) is 12.8 Å². The molecule has 1 amide bonds. The largest absolute Gasteiger partial charge is 0.450 e. The highest BCUT2D eigenvalue weighted by Crippen LogP contribution is 2.43. The summed E-state index contributed by atoms with van der Waals surface area (Å²) in [5, 5.41) is 21.1. The fourth-order valence-corrected chi connectivity index (χ4v) is 6.97. The number of carbonyl (C=O) groups excluding carboxylic acids is 1. The van der Waals surface area contributed by atoms with Gasteiger partial charge < -0.3 is 25.6 Å². The molecular formula is C30H40ClN7O2. The minimum Gasteiger partial charge on any atom is -0.450 e. The Morgan fingerprint density at radius 3 is 2.60 bits per heavy atom. The number of carbonyl (C=O) groups is 1. The van der Waals surface area contributed by atoms with E-state index in [1.807, 2.05) is 36.1 Å². The van der Waals surface area contributed by atoms with Crippen molar-refractivity contribution in [3.05, 3.63) is 46.6 Å². The van der Waals surface area contributed by atoms with Crippen LogP contribution in [0.1, 0.15) is 63.0 Å². The van der Waals surface area contributed by atoms with Gasteiger partial charge in [-0.25, -0.2) is 9.78 Å². The van der Waals surface area contributed by atoms with Crippen LogP contribution in [0.15, 0.2) is 30.5 Å². The first-order chi connectivity index (χ1) is 19.5. The van der Waals surface area contributed by atoms with E-state index in [9.17, 15) is 10.1 Å². The summed E-state index contributed by atoms with van der Waals surface area (Å²) in [7, 11) is 0. The molecule has 214 valence electrons. The van der Waals surface area contributed by atoms with E-state index >= 15 is 0 Å². The second-order valence-electron chi connectivity index (χ2n) is 11.3. The number of nitrogens with one attached hydrogen (secondary N) is 3. The third-order valence-corrected chi connectivity index (χ3v) is 9.12. The van der Waals surface area contributed by atoms with E-state index in [-0.39, 0.29) is 6.09 Å². The molecule has 2 aliphatic carbocycles. The Bertz CT molecular complexity index is 1180. The van der Waals surface area contributed by atoms with Crippen LogP contribution in [0.4, 0.5) is 16.6 Å². The SMILES string of the molecule is CCOC(=O)N1CCC(N[C@@H]2[C@@H]3CCC[C@H]2CC(CNc2nc(NCc4ccccc4Cl)ncc2C#N)C3)CC1. The lowest BCUT2D eigenvalue weighted by molar-refractivity contribution is 0.0642. The number of aromatic nitrogens is 2. The standard InChI is InChI=1S/C30H40ClN7O2/c1-2-40-30(39)38-12-10-25(11-13-38)36-27-21-7-5-8-22(27)15-20(14-21)17-33-28-24(16-32)19-35-29(37-28)34-18-23-6-3-4-9-26(23)31/h3-4,6,9,19-22,25,27,36H,2,5,7-8,10-15,17-18H2,1H3,(H2,33,34,35,37)/t20?,21-,22+,27-. The van der Waals surface area contributed by atoms with Gasteiger partial charge in [-0.15, -0.1) is 0 Å². The molecule has 1 unspecified atom stereocenters. The fourth-order valence-electron chi connectivity index (χ4n) is 6.76. The summed E-state index contributed by atoms with van der Waals surface area (Å²) < 4.78 is 5.18. The molecule has 9 nitrogen and oxygen atoms in total. The maximum absolute atomic E-state index is 12.1. The molecule has 2 saturated carbocycles. The first kappa shape index (κ1) is 28.4. The van der Waals surface area contributed by atoms with Gasteiger partial charge in [0.15, 0.2) is 0 Å². The van der Waals surface area contributed by atoms with Gasteiger partial charge in [0, 0.05) is 43.3 Å². The Morgan fingerprint density at radius 1 is 1.15 bits per heavy atom. The number of benzene rings is 1. The predicted molar refractivity (Wildman–Crippen MR) is 156 cm³/mol. The molecule has 2 aromatic rings.